The summed E-state index contributed by atoms with van der Waals surface area (Å²) >= 11 is 0. The van der Waals surface area contributed by atoms with E-state index in [-0.39, 0.29) is 5.56 Å². The largest absolute Gasteiger partial charge is 0.376 e. The van der Waals surface area contributed by atoms with Crippen LogP contribution in [0.2, 0.25) is 0 Å². The van der Waals surface area contributed by atoms with Crippen LogP contribution in [0.5, 0.6) is 0 Å². The maximum Gasteiger partial charge on any atom is 0.267 e. The van der Waals surface area contributed by atoms with Gasteiger partial charge in [0.1, 0.15) is 0 Å². The number of aryl methyl sites for hydroxylation is 1. The van der Waals surface area contributed by atoms with Gasteiger partial charge in [0.25, 0.3) is 5.56 Å². The third-order valence-corrected chi connectivity index (χ3v) is 4.86. The van der Waals surface area contributed by atoms with Crippen LogP contribution < -0.4 is 5.56 Å². The standard InChI is InChI=1S/C23H22N2O2/c1-17-5-7-18(8-6-17)9-10-21-11-12-23(26)25(24-21)15-19-3-2-4-20-16-27-14-13-22(19)20/h2-12H,13-16H2,1H3/b10-9+. The molecule has 27 heavy (non-hydrogen) atoms. The lowest BCUT2D eigenvalue weighted by Gasteiger charge is -2.20. The first-order chi connectivity index (χ1) is 13.2. The molecule has 1 aromatic heterocycles. The number of hydrogen-bond acceptors (Lipinski definition) is 3. The lowest BCUT2D eigenvalue weighted by atomic mass is 9.97. The molecule has 4 rings (SSSR count). The normalized spacial score (nSPS) is 13.7. The fraction of sp³-hybridized carbons (Fsp3) is 0.217. The highest BCUT2D eigenvalue weighted by Gasteiger charge is 2.14. The second kappa shape index (κ2) is 7.72. The first-order valence-electron chi connectivity index (χ1n) is 9.19. The molecule has 0 N–H and O–H groups in total. The van der Waals surface area contributed by atoms with Gasteiger partial charge in [-0.25, -0.2) is 4.68 Å². The van der Waals surface area contributed by atoms with E-state index in [1.54, 1.807) is 16.8 Å². The third kappa shape index (κ3) is 4.07. The molecule has 1 aliphatic rings. The van der Waals surface area contributed by atoms with E-state index in [2.05, 4.69) is 48.4 Å². The van der Waals surface area contributed by atoms with Crippen molar-refractivity contribution in [3.8, 4) is 0 Å². The fourth-order valence-electron chi connectivity index (χ4n) is 3.34. The van der Waals surface area contributed by atoms with Crippen LogP contribution in [-0.4, -0.2) is 16.4 Å². The molecule has 0 aliphatic carbocycles. The molecule has 0 amide bonds. The average Bonchev–Trinajstić information content (AvgIpc) is 2.70. The quantitative estimate of drug-likeness (QED) is 0.712. The molecule has 2 aromatic carbocycles. The fourth-order valence-corrected chi connectivity index (χ4v) is 3.34. The maximum absolute atomic E-state index is 12.3. The Morgan fingerprint density at radius 2 is 1.93 bits per heavy atom. The molecule has 0 radical (unpaired) electrons. The van der Waals surface area contributed by atoms with Gasteiger partial charge in [0.05, 0.1) is 25.5 Å². The molecule has 4 heteroatoms. The van der Waals surface area contributed by atoms with E-state index in [0.717, 1.165) is 29.8 Å². The van der Waals surface area contributed by atoms with Crippen molar-refractivity contribution < 1.29 is 4.74 Å². The molecule has 0 spiro atoms. The lowest BCUT2D eigenvalue weighted by molar-refractivity contribution is 0.110. The van der Waals surface area contributed by atoms with Gasteiger partial charge < -0.3 is 4.74 Å². The second-order valence-electron chi connectivity index (χ2n) is 6.86. The summed E-state index contributed by atoms with van der Waals surface area (Å²) in [6.07, 6.45) is 4.83. The Bertz CT molecular complexity index is 1030. The summed E-state index contributed by atoms with van der Waals surface area (Å²) < 4.78 is 7.07. The van der Waals surface area contributed by atoms with Crippen molar-refractivity contribution in [1.29, 1.82) is 0 Å². The molecule has 0 bridgehead atoms. The molecule has 2 heterocycles. The van der Waals surface area contributed by atoms with E-state index in [9.17, 15) is 4.79 Å². The molecular formula is C23H22N2O2. The van der Waals surface area contributed by atoms with Gasteiger partial charge in [0, 0.05) is 6.07 Å². The van der Waals surface area contributed by atoms with E-state index < -0.39 is 0 Å². The van der Waals surface area contributed by atoms with Crippen LogP contribution in [0.25, 0.3) is 12.2 Å². The van der Waals surface area contributed by atoms with Gasteiger partial charge in [-0.05, 0) is 47.7 Å². The molecule has 0 fully saturated rings. The summed E-state index contributed by atoms with van der Waals surface area (Å²) in [6.45, 7) is 3.92. The van der Waals surface area contributed by atoms with Crippen molar-refractivity contribution in [1.82, 2.24) is 9.78 Å². The van der Waals surface area contributed by atoms with E-state index in [1.165, 1.54) is 16.7 Å². The SMILES string of the molecule is Cc1ccc(/C=C/c2ccc(=O)n(Cc3cccc4c3CCOC4)n2)cc1. The molecule has 0 saturated carbocycles. The van der Waals surface area contributed by atoms with Gasteiger partial charge in [-0.1, -0.05) is 54.1 Å². The van der Waals surface area contributed by atoms with Gasteiger partial charge in [-0.2, -0.15) is 5.10 Å². The Morgan fingerprint density at radius 3 is 2.78 bits per heavy atom. The van der Waals surface area contributed by atoms with E-state index >= 15 is 0 Å². The predicted octanol–water partition coefficient (Wildman–Crippen LogP) is 3.84. The minimum atomic E-state index is -0.0906. The first-order valence-corrected chi connectivity index (χ1v) is 9.19. The van der Waals surface area contributed by atoms with Crippen LogP contribution in [0.1, 0.15) is 33.5 Å². The predicted molar refractivity (Wildman–Crippen MR) is 108 cm³/mol. The van der Waals surface area contributed by atoms with Crippen molar-refractivity contribution >= 4 is 12.2 Å². The zero-order valence-electron chi connectivity index (χ0n) is 15.4. The first kappa shape index (κ1) is 17.4. The lowest BCUT2D eigenvalue weighted by Crippen LogP contribution is -2.24. The highest BCUT2D eigenvalue weighted by molar-refractivity contribution is 5.67. The summed E-state index contributed by atoms with van der Waals surface area (Å²) in [4.78, 5) is 12.3. The second-order valence-corrected chi connectivity index (χ2v) is 6.86. The van der Waals surface area contributed by atoms with Crippen molar-refractivity contribution in [2.45, 2.75) is 26.5 Å². The summed E-state index contributed by atoms with van der Waals surface area (Å²) in [6, 6.07) is 17.8. The number of ether oxygens (including phenoxy) is 1. The zero-order chi connectivity index (χ0) is 18.6. The van der Waals surface area contributed by atoms with Gasteiger partial charge in [-0.15, -0.1) is 0 Å². The van der Waals surface area contributed by atoms with Gasteiger partial charge in [-0.3, -0.25) is 4.79 Å². The van der Waals surface area contributed by atoms with Gasteiger partial charge >= 0.3 is 0 Å². The highest BCUT2D eigenvalue weighted by atomic mass is 16.5. The Labute approximate surface area is 158 Å². The maximum atomic E-state index is 12.3. The minimum absolute atomic E-state index is 0.0906. The number of benzene rings is 2. The summed E-state index contributed by atoms with van der Waals surface area (Å²) in [7, 11) is 0. The summed E-state index contributed by atoms with van der Waals surface area (Å²) in [5, 5.41) is 4.54. The molecule has 0 atom stereocenters. The number of aromatic nitrogens is 2. The smallest absolute Gasteiger partial charge is 0.267 e. The number of rotatable bonds is 4. The third-order valence-electron chi connectivity index (χ3n) is 4.86. The number of hydrogen-bond donors (Lipinski definition) is 0. The van der Waals surface area contributed by atoms with Crippen molar-refractivity contribution in [2.24, 2.45) is 0 Å². The molecule has 0 unspecified atom stereocenters. The number of fused-ring (bicyclic) bond motifs is 1. The van der Waals surface area contributed by atoms with Crippen LogP contribution in [0.15, 0.2) is 59.4 Å². The topological polar surface area (TPSA) is 44.1 Å². The van der Waals surface area contributed by atoms with Crippen LogP contribution >= 0.6 is 0 Å². The minimum Gasteiger partial charge on any atom is -0.376 e. The Balaban J connectivity index is 1.60. The van der Waals surface area contributed by atoms with Crippen LogP contribution in [0, 0.1) is 6.92 Å². The van der Waals surface area contributed by atoms with E-state index in [0.29, 0.717) is 13.2 Å². The number of nitrogens with zero attached hydrogens (tertiary/aromatic N) is 2. The van der Waals surface area contributed by atoms with Crippen molar-refractivity contribution in [2.75, 3.05) is 6.61 Å². The molecule has 0 saturated heterocycles. The molecule has 3 aromatic rings. The zero-order valence-corrected chi connectivity index (χ0v) is 15.4. The Hall–Kier alpha value is -2.98. The van der Waals surface area contributed by atoms with Crippen molar-refractivity contribution in [3.05, 3.63) is 98.5 Å². The van der Waals surface area contributed by atoms with Crippen molar-refractivity contribution in [3.63, 3.8) is 0 Å². The Morgan fingerprint density at radius 1 is 1.07 bits per heavy atom. The van der Waals surface area contributed by atoms with E-state index in [1.807, 2.05) is 18.2 Å². The Kier molecular flexibility index (Phi) is 4.99. The van der Waals surface area contributed by atoms with Crippen LogP contribution in [0.3, 0.4) is 0 Å². The molecular weight excluding hydrogens is 336 g/mol. The summed E-state index contributed by atoms with van der Waals surface area (Å²) in [5.41, 5.74) is 6.66. The van der Waals surface area contributed by atoms with Crippen LogP contribution in [0.4, 0.5) is 0 Å². The molecule has 136 valence electrons. The van der Waals surface area contributed by atoms with Gasteiger partial charge in [0.15, 0.2) is 0 Å². The molecule has 4 nitrogen and oxygen atoms in total. The van der Waals surface area contributed by atoms with E-state index in [4.69, 9.17) is 4.74 Å². The average molecular weight is 358 g/mol. The van der Waals surface area contributed by atoms with Gasteiger partial charge in [0.2, 0.25) is 0 Å². The van der Waals surface area contributed by atoms with Crippen LogP contribution in [-0.2, 0) is 24.3 Å². The summed E-state index contributed by atoms with van der Waals surface area (Å²) in [5.74, 6) is 0. The molecule has 1 aliphatic heterocycles. The monoisotopic (exact) mass is 358 g/mol. The highest BCUT2D eigenvalue weighted by Crippen LogP contribution is 2.21.